The molecule has 150 valence electrons. The maximum absolute atomic E-state index is 12.5. The van der Waals surface area contributed by atoms with Gasteiger partial charge in [-0.1, -0.05) is 18.2 Å². The fourth-order valence-corrected chi connectivity index (χ4v) is 4.11. The van der Waals surface area contributed by atoms with E-state index in [1.807, 2.05) is 35.4 Å². The molecule has 6 nitrogen and oxygen atoms in total. The van der Waals surface area contributed by atoms with Crippen LogP contribution >= 0.6 is 0 Å². The van der Waals surface area contributed by atoms with E-state index in [2.05, 4.69) is 33.0 Å². The molecule has 1 aromatic carbocycles. The summed E-state index contributed by atoms with van der Waals surface area (Å²) in [5.41, 5.74) is 3.07. The van der Waals surface area contributed by atoms with Crippen LogP contribution in [-0.4, -0.2) is 66.5 Å². The molecule has 29 heavy (non-hydrogen) atoms. The molecule has 2 aromatic heterocycles. The van der Waals surface area contributed by atoms with Crippen molar-refractivity contribution in [1.82, 2.24) is 14.8 Å². The number of pyridine rings is 1. The van der Waals surface area contributed by atoms with E-state index >= 15 is 0 Å². The Bertz CT molecular complexity index is 989. The number of para-hydroxylation sites is 1. The van der Waals surface area contributed by atoms with Crippen LogP contribution in [0.3, 0.4) is 0 Å². The van der Waals surface area contributed by atoms with E-state index in [1.54, 1.807) is 0 Å². The van der Waals surface area contributed by atoms with Crippen molar-refractivity contribution in [1.29, 1.82) is 0 Å². The maximum Gasteiger partial charge on any atom is 0.289 e. The lowest BCUT2D eigenvalue weighted by molar-refractivity contribution is 0.0621. The van der Waals surface area contributed by atoms with Gasteiger partial charge in [0.15, 0.2) is 11.3 Å². The van der Waals surface area contributed by atoms with Gasteiger partial charge < -0.3 is 14.2 Å². The number of piperazine rings is 1. The van der Waals surface area contributed by atoms with Crippen LogP contribution in [0.5, 0.6) is 0 Å². The van der Waals surface area contributed by atoms with Crippen LogP contribution in [-0.2, 0) is 6.42 Å². The first-order valence-electron chi connectivity index (χ1n) is 10.5. The smallest absolute Gasteiger partial charge is 0.289 e. The predicted molar refractivity (Wildman–Crippen MR) is 113 cm³/mol. The molecule has 2 saturated heterocycles. The number of likely N-dealkylation sites (tertiary alicyclic amines) is 1. The summed E-state index contributed by atoms with van der Waals surface area (Å²) in [7, 11) is 0. The Morgan fingerprint density at radius 3 is 2.59 bits per heavy atom. The Balaban J connectivity index is 1.25. The van der Waals surface area contributed by atoms with Gasteiger partial charge in [0.05, 0.1) is 5.69 Å². The van der Waals surface area contributed by atoms with Crippen molar-refractivity contribution in [3.8, 4) is 0 Å². The molecule has 0 aliphatic carbocycles. The average molecular weight is 390 g/mol. The highest BCUT2D eigenvalue weighted by Gasteiger charge is 2.26. The van der Waals surface area contributed by atoms with Gasteiger partial charge in [-0.2, -0.15) is 0 Å². The highest BCUT2D eigenvalue weighted by atomic mass is 16.3. The van der Waals surface area contributed by atoms with Gasteiger partial charge in [0.1, 0.15) is 0 Å². The first-order chi connectivity index (χ1) is 14.3. The van der Waals surface area contributed by atoms with E-state index in [0.717, 1.165) is 81.0 Å². The fourth-order valence-electron chi connectivity index (χ4n) is 4.11. The Kier molecular flexibility index (Phi) is 4.94. The summed E-state index contributed by atoms with van der Waals surface area (Å²) in [6.45, 7) is 6.65. The molecule has 6 heteroatoms. The number of aromatic nitrogens is 1. The molecule has 3 aromatic rings. The molecule has 0 N–H and O–H groups in total. The summed E-state index contributed by atoms with van der Waals surface area (Å²) in [5.74, 6) is 0.471. The molecule has 4 heterocycles. The monoisotopic (exact) mass is 390 g/mol. The molecule has 0 bridgehead atoms. The lowest BCUT2D eigenvalue weighted by atomic mass is 10.1. The standard InChI is InChI=1S/C23H26N4O2/c28-23(27-10-4-11-27)21-17-18-5-3-7-20(22(18)29-21)26-15-13-25(14-16-26)12-8-19-6-1-2-9-24-19/h1-3,5-7,9,17H,4,8,10-16H2. The van der Waals surface area contributed by atoms with Gasteiger partial charge in [-0.25, -0.2) is 0 Å². The second kappa shape index (κ2) is 7.87. The normalized spacial score (nSPS) is 17.5. The molecule has 0 spiro atoms. The summed E-state index contributed by atoms with van der Waals surface area (Å²) in [6, 6.07) is 14.2. The van der Waals surface area contributed by atoms with Crippen molar-refractivity contribution in [2.24, 2.45) is 0 Å². The first kappa shape index (κ1) is 18.2. The van der Waals surface area contributed by atoms with Gasteiger partial charge in [-0.15, -0.1) is 0 Å². The SMILES string of the molecule is O=C(c1cc2cccc(N3CCN(CCc4ccccn4)CC3)c2o1)N1CCC1. The van der Waals surface area contributed by atoms with E-state index < -0.39 is 0 Å². The molecule has 2 aliphatic heterocycles. The molecule has 0 unspecified atom stereocenters. The molecule has 0 radical (unpaired) electrons. The van der Waals surface area contributed by atoms with Gasteiger partial charge in [-0.05, 0) is 30.7 Å². The largest absolute Gasteiger partial charge is 0.449 e. The first-order valence-corrected chi connectivity index (χ1v) is 10.5. The van der Waals surface area contributed by atoms with E-state index in [9.17, 15) is 4.79 Å². The van der Waals surface area contributed by atoms with Gasteiger partial charge in [0.2, 0.25) is 0 Å². The van der Waals surface area contributed by atoms with Crippen molar-refractivity contribution in [3.05, 3.63) is 60.1 Å². The maximum atomic E-state index is 12.5. The number of hydrogen-bond acceptors (Lipinski definition) is 5. The number of hydrogen-bond donors (Lipinski definition) is 0. The lowest BCUT2D eigenvalue weighted by Gasteiger charge is -2.36. The summed E-state index contributed by atoms with van der Waals surface area (Å²) in [5, 5.41) is 1.00. The van der Waals surface area contributed by atoms with Crippen LogP contribution in [0.25, 0.3) is 11.0 Å². The lowest BCUT2D eigenvalue weighted by Crippen LogP contribution is -2.47. The molecule has 5 rings (SSSR count). The quantitative estimate of drug-likeness (QED) is 0.670. The van der Waals surface area contributed by atoms with Crippen LogP contribution in [0.15, 0.2) is 53.1 Å². The van der Waals surface area contributed by atoms with Crippen molar-refractivity contribution < 1.29 is 9.21 Å². The Labute approximate surface area is 170 Å². The van der Waals surface area contributed by atoms with Gasteiger partial charge in [-0.3, -0.25) is 14.7 Å². The zero-order valence-corrected chi connectivity index (χ0v) is 16.6. The minimum atomic E-state index is 0.0118. The molecular formula is C23H26N4O2. The second-order valence-electron chi connectivity index (χ2n) is 7.85. The number of carbonyl (C=O) groups is 1. The summed E-state index contributed by atoms with van der Waals surface area (Å²) < 4.78 is 6.05. The van der Waals surface area contributed by atoms with Gasteiger partial charge in [0, 0.05) is 69.5 Å². The summed E-state index contributed by atoms with van der Waals surface area (Å²) >= 11 is 0. The number of rotatable bonds is 5. The van der Waals surface area contributed by atoms with Crippen LogP contribution in [0.1, 0.15) is 22.7 Å². The highest BCUT2D eigenvalue weighted by Crippen LogP contribution is 2.31. The van der Waals surface area contributed by atoms with Crippen molar-refractivity contribution in [2.75, 3.05) is 50.7 Å². The van der Waals surface area contributed by atoms with Gasteiger partial charge >= 0.3 is 0 Å². The molecule has 2 fully saturated rings. The third-order valence-corrected chi connectivity index (χ3v) is 6.00. The highest BCUT2D eigenvalue weighted by molar-refractivity contribution is 5.99. The molecule has 0 atom stereocenters. The number of anilines is 1. The third kappa shape index (κ3) is 3.72. The van der Waals surface area contributed by atoms with Crippen LogP contribution < -0.4 is 4.90 Å². The molecular weight excluding hydrogens is 364 g/mol. The summed E-state index contributed by atoms with van der Waals surface area (Å²) in [4.78, 5) is 23.7. The van der Waals surface area contributed by atoms with Gasteiger partial charge in [0.25, 0.3) is 5.91 Å². The van der Waals surface area contributed by atoms with Crippen molar-refractivity contribution >= 4 is 22.6 Å². The minimum absolute atomic E-state index is 0.0118. The van der Waals surface area contributed by atoms with Crippen molar-refractivity contribution in [2.45, 2.75) is 12.8 Å². The van der Waals surface area contributed by atoms with E-state index in [4.69, 9.17) is 4.42 Å². The minimum Gasteiger partial charge on any atom is -0.449 e. The molecule has 0 saturated carbocycles. The summed E-state index contributed by atoms with van der Waals surface area (Å²) in [6.07, 6.45) is 3.93. The number of benzene rings is 1. The van der Waals surface area contributed by atoms with Crippen LogP contribution in [0.4, 0.5) is 5.69 Å². The number of nitrogens with zero attached hydrogens (tertiary/aromatic N) is 4. The number of fused-ring (bicyclic) bond motifs is 1. The predicted octanol–water partition coefficient (Wildman–Crippen LogP) is 3.04. The van der Waals surface area contributed by atoms with E-state index in [1.165, 1.54) is 0 Å². The number of furan rings is 1. The molecule has 1 amide bonds. The number of carbonyl (C=O) groups excluding carboxylic acids is 1. The fraction of sp³-hybridized carbons (Fsp3) is 0.391. The third-order valence-electron chi connectivity index (χ3n) is 6.00. The van der Waals surface area contributed by atoms with E-state index in [-0.39, 0.29) is 5.91 Å². The van der Waals surface area contributed by atoms with Crippen LogP contribution in [0, 0.1) is 0 Å². The van der Waals surface area contributed by atoms with E-state index in [0.29, 0.717) is 5.76 Å². The number of amides is 1. The Morgan fingerprint density at radius 1 is 1.00 bits per heavy atom. The Morgan fingerprint density at radius 2 is 1.86 bits per heavy atom. The topological polar surface area (TPSA) is 52.8 Å². The van der Waals surface area contributed by atoms with Crippen molar-refractivity contribution in [3.63, 3.8) is 0 Å². The Hall–Kier alpha value is -2.86. The second-order valence-corrected chi connectivity index (χ2v) is 7.85. The average Bonchev–Trinajstić information content (AvgIpc) is 3.17. The zero-order chi connectivity index (χ0) is 19.6. The zero-order valence-electron chi connectivity index (χ0n) is 16.6. The molecule has 2 aliphatic rings. The van der Waals surface area contributed by atoms with Crippen LogP contribution in [0.2, 0.25) is 0 Å².